The van der Waals surface area contributed by atoms with Crippen molar-refractivity contribution in [3.05, 3.63) is 52.5 Å². The molecule has 4 rings (SSSR count). The number of rotatable bonds is 6. The number of aromatic nitrogens is 3. The van der Waals surface area contributed by atoms with Gasteiger partial charge in [0, 0.05) is 23.4 Å². The van der Waals surface area contributed by atoms with Crippen molar-refractivity contribution < 1.29 is 4.74 Å². The molecule has 3 heterocycles. The van der Waals surface area contributed by atoms with Crippen LogP contribution in [0.15, 0.2) is 46.9 Å². The number of ether oxygens (including phenoxy) is 1. The minimum Gasteiger partial charge on any atom is -0.497 e. The minimum atomic E-state index is 0.434. The topological polar surface area (TPSA) is 43.2 Å². The summed E-state index contributed by atoms with van der Waals surface area (Å²) in [4.78, 5) is 3.99. The van der Waals surface area contributed by atoms with Gasteiger partial charge < -0.3 is 4.74 Å². The maximum absolute atomic E-state index is 5.41. The van der Waals surface area contributed by atoms with Crippen LogP contribution >= 0.6 is 23.1 Å². The normalized spacial score (nSPS) is 15.9. The van der Waals surface area contributed by atoms with Crippen LogP contribution in [-0.4, -0.2) is 46.1 Å². The van der Waals surface area contributed by atoms with Crippen LogP contribution in [-0.2, 0) is 6.54 Å². The van der Waals surface area contributed by atoms with E-state index >= 15 is 0 Å². The van der Waals surface area contributed by atoms with Crippen LogP contribution in [0.4, 0.5) is 0 Å². The Hall–Kier alpha value is -1.83. The molecule has 142 valence electrons. The van der Waals surface area contributed by atoms with Gasteiger partial charge in [-0.25, -0.2) is 0 Å². The molecule has 2 aromatic heterocycles. The number of thioether (sulfide) groups is 1. The summed E-state index contributed by atoms with van der Waals surface area (Å²) in [5.41, 5.74) is 1.07. The van der Waals surface area contributed by atoms with Gasteiger partial charge in [0.25, 0.3) is 0 Å². The van der Waals surface area contributed by atoms with E-state index in [2.05, 4.69) is 49.3 Å². The molecule has 0 radical (unpaired) electrons. The quantitative estimate of drug-likeness (QED) is 0.572. The second-order valence-corrected chi connectivity index (χ2v) is 8.52. The molecule has 0 saturated carbocycles. The van der Waals surface area contributed by atoms with E-state index in [1.54, 1.807) is 18.9 Å². The number of nitrogens with zero attached hydrogens (tertiary/aromatic N) is 4. The molecule has 5 nitrogen and oxygen atoms in total. The highest BCUT2D eigenvalue weighted by atomic mass is 32.2. The average Bonchev–Trinajstić information content (AvgIpc) is 3.38. The summed E-state index contributed by atoms with van der Waals surface area (Å²) >= 11 is 3.47. The second-order valence-electron chi connectivity index (χ2n) is 6.71. The SMILES string of the molecule is COc1cccc(-n2c(SC)nnc2C2CCN(Cc3cccs3)CC2)c1. The first-order valence-corrected chi connectivity index (χ1v) is 11.3. The Kier molecular flexibility index (Phi) is 5.80. The first-order chi connectivity index (χ1) is 13.3. The smallest absolute Gasteiger partial charge is 0.195 e. The summed E-state index contributed by atoms with van der Waals surface area (Å²) in [6.45, 7) is 3.26. The van der Waals surface area contributed by atoms with Crippen LogP contribution in [0.5, 0.6) is 5.75 Å². The fourth-order valence-corrected chi connectivity index (χ4v) is 4.89. The molecule has 1 fully saturated rings. The number of benzene rings is 1. The lowest BCUT2D eigenvalue weighted by Gasteiger charge is -2.31. The molecule has 0 aliphatic carbocycles. The molecule has 0 bridgehead atoms. The third-order valence-corrected chi connectivity index (χ3v) is 6.56. The van der Waals surface area contributed by atoms with Gasteiger partial charge in [-0.2, -0.15) is 0 Å². The molecule has 7 heteroatoms. The van der Waals surface area contributed by atoms with E-state index in [9.17, 15) is 0 Å². The molecule has 1 aliphatic rings. The van der Waals surface area contributed by atoms with Gasteiger partial charge >= 0.3 is 0 Å². The number of methoxy groups -OCH3 is 1. The first-order valence-electron chi connectivity index (χ1n) is 9.17. The minimum absolute atomic E-state index is 0.434. The summed E-state index contributed by atoms with van der Waals surface area (Å²) in [6.07, 6.45) is 4.28. The van der Waals surface area contributed by atoms with E-state index in [-0.39, 0.29) is 0 Å². The molecular formula is C20H24N4OS2. The number of hydrogen-bond donors (Lipinski definition) is 0. The van der Waals surface area contributed by atoms with E-state index in [4.69, 9.17) is 4.74 Å². The molecule has 1 aliphatic heterocycles. The van der Waals surface area contributed by atoms with E-state index in [1.165, 1.54) is 4.88 Å². The second kappa shape index (κ2) is 8.46. The van der Waals surface area contributed by atoms with Crippen LogP contribution in [0.1, 0.15) is 29.5 Å². The fourth-order valence-electron chi connectivity index (χ4n) is 3.64. The molecule has 0 spiro atoms. The van der Waals surface area contributed by atoms with Gasteiger partial charge in [0.1, 0.15) is 11.6 Å². The van der Waals surface area contributed by atoms with Gasteiger partial charge in [0.15, 0.2) is 5.16 Å². The van der Waals surface area contributed by atoms with Crippen LogP contribution in [0, 0.1) is 0 Å². The fraction of sp³-hybridized carbons (Fsp3) is 0.400. The average molecular weight is 401 g/mol. The number of likely N-dealkylation sites (tertiary alicyclic amines) is 1. The number of hydrogen-bond acceptors (Lipinski definition) is 6. The molecule has 1 saturated heterocycles. The zero-order valence-electron chi connectivity index (χ0n) is 15.7. The van der Waals surface area contributed by atoms with Gasteiger partial charge in [-0.3, -0.25) is 9.47 Å². The molecule has 0 atom stereocenters. The lowest BCUT2D eigenvalue weighted by Crippen LogP contribution is -2.33. The summed E-state index contributed by atoms with van der Waals surface area (Å²) in [6, 6.07) is 12.5. The maximum Gasteiger partial charge on any atom is 0.195 e. The zero-order valence-corrected chi connectivity index (χ0v) is 17.3. The van der Waals surface area contributed by atoms with Gasteiger partial charge in [-0.05, 0) is 55.8 Å². The standard InChI is InChI=1S/C20H24N4OS2/c1-25-17-6-3-5-16(13-17)24-19(21-22-20(24)26-2)15-8-10-23(11-9-15)14-18-7-4-12-27-18/h3-7,12-13,15H,8-11,14H2,1-2H3. The van der Waals surface area contributed by atoms with E-state index in [1.807, 2.05) is 29.7 Å². The van der Waals surface area contributed by atoms with Crippen LogP contribution in [0.2, 0.25) is 0 Å². The van der Waals surface area contributed by atoms with Crippen molar-refractivity contribution in [3.8, 4) is 11.4 Å². The Morgan fingerprint density at radius 3 is 2.74 bits per heavy atom. The van der Waals surface area contributed by atoms with Crippen molar-refractivity contribution in [2.45, 2.75) is 30.5 Å². The van der Waals surface area contributed by atoms with Gasteiger partial charge in [0.05, 0.1) is 12.8 Å². The largest absolute Gasteiger partial charge is 0.497 e. The Labute approximate surface area is 168 Å². The Morgan fingerprint density at radius 1 is 1.19 bits per heavy atom. The number of thiophene rings is 1. The highest BCUT2D eigenvalue weighted by molar-refractivity contribution is 7.98. The zero-order chi connectivity index (χ0) is 18.6. The highest BCUT2D eigenvalue weighted by Gasteiger charge is 2.27. The summed E-state index contributed by atoms with van der Waals surface area (Å²) in [5, 5.41) is 12.1. The lowest BCUT2D eigenvalue weighted by molar-refractivity contribution is 0.202. The number of piperidine rings is 1. The molecule has 0 amide bonds. The van der Waals surface area contributed by atoms with Crippen molar-refractivity contribution in [2.24, 2.45) is 0 Å². The molecule has 27 heavy (non-hydrogen) atoms. The predicted octanol–water partition coefficient (Wildman–Crippen LogP) is 4.44. The molecule has 1 aromatic carbocycles. The van der Waals surface area contributed by atoms with Crippen LogP contribution in [0.25, 0.3) is 5.69 Å². The summed E-state index contributed by atoms with van der Waals surface area (Å²) < 4.78 is 7.61. The predicted molar refractivity (Wildman–Crippen MR) is 111 cm³/mol. The highest BCUT2D eigenvalue weighted by Crippen LogP contribution is 2.32. The third kappa shape index (κ3) is 4.05. The Bertz CT molecular complexity index is 870. The van der Waals surface area contributed by atoms with Crippen molar-refractivity contribution in [1.82, 2.24) is 19.7 Å². The molecule has 0 N–H and O–H groups in total. The Balaban J connectivity index is 1.53. The van der Waals surface area contributed by atoms with E-state index in [0.717, 1.165) is 54.9 Å². The van der Waals surface area contributed by atoms with Crippen molar-refractivity contribution in [3.63, 3.8) is 0 Å². The van der Waals surface area contributed by atoms with Gasteiger partial charge in [-0.15, -0.1) is 21.5 Å². The molecular weight excluding hydrogens is 376 g/mol. The van der Waals surface area contributed by atoms with E-state index in [0.29, 0.717) is 5.92 Å². The van der Waals surface area contributed by atoms with Crippen molar-refractivity contribution >= 4 is 23.1 Å². The van der Waals surface area contributed by atoms with Crippen molar-refractivity contribution in [2.75, 3.05) is 26.5 Å². The van der Waals surface area contributed by atoms with Crippen LogP contribution in [0.3, 0.4) is 0 Å². The van der Waals surface area contributed by atoms with Gasteiger partial charge in [0.2, 0.25) is 0 Å². The first kappa shape index (κ1) is 18.5. The van der Waals surface area contributed by atoms with Crippen molar-refractivity contribution in [1.29, 1.82) is 0 Å². The summed E-state index contributed by atoms with van der Waals surface area (Å²) in [7, 11) is 1.70. The molecule has 0 unspecified atom stereocenters. The monoisotopic (exact) mass is 400 g/mol. The Morgan fingerprint density at radius 2 is 2.04 bits per heavy atom. The third-order valence-electron chi connectivity index (χ3n) is 5.06. The lowest BCUT2D eigenvalue weighted by atomic mass is 9.95. The van der Waals surface area contributed by atoms with E-state index < -0.39 is 0 Å². The molecule has 3 aromatic rings. The maximum atomic E-state index is 5.41. The summed E-state index contributed by atoms with van der Waals surface area (Å²) in [5.74, 6) is 2.36. The van der Waals surface area contributed by atoms with Gasteiger partial charge in [-0.1, -0.05) is 23.9 Å². The van der Waals surface area contributed by atoms with Crippen LogP contribution < -0.4 is 4.74 Å².